The monoisotopic (exact) mass is 499 g/mol. The van der Waals surface area contributed by atoms with Gasteiger partial charge in [-0.1, -0.05) is 11.6 Å². The van der Waals surface area contributed by atoms with Crippen LogP contribution in [0.5, 0.6) is 0 Å². The minimum Gasteiger partial charge on any atom is -0.383 e. The number of carbonyl (C=O) groups excluding carboxylic acids is 2. The highest BCUT2D eigenvalue weighted by Crippen LogP contribution is 2.31. The molecule has 1 N–H and O–H groups in total. The van der Waals surface area contributed by atoms with Crippen LogP contribution in [0.25, 0.3) is 10.1 Å². The van der Waals surface area contributed by atoms with Gasteiger partial charge >= 0.3 is 0 Å². The number of nitrogens with one attached hydrogen (secondary N) is 1. The molecule has 1 aromatic heterocycles. The maximum absolute atomic E-state index is 13.0. The van der Waals surface area contributed by atoms with Crippen LogP contribution in [-0.4, -0.2) is 75.5 Å². The number of halogens is 1. The zero-order chi connectivity index (χ0) is 22.9. The lowest BCUT2D eigenvalue weighted by Crippen LogP contribution is -2.55. The molecule has 4 rings (SSSR count). The van der Waals surface area contributed by atoms with Crippen molar-refractivity contribution in [3.63, 3.8) is 0 Å². The Balaban J connectivity index is 1.43. The van der Waals surface area contributed by atoms with Crippen molar-refractivity contribution in [3.8, 4) is 0 Å². The van der Waals surface area contributed by atoms with E-state index < -0.39 is 16.1 Å². The van der Waals surface area contributed by atoms with Crippen LogP contribution in [0.2, 0.25) is 5.02 Å². The highest BCUT2D eigenvalue weighted by Gasteiger charge is 2.36. The molecule has 174 valence electrons. The number of hydrogen-bond donors (Lipinski definition) is 1. The molecule has 3 heterocycles. The van der Waals surface area contributed by atoms with Crippen molar-refractivity contribution >= 4 is 54.9 Å². The molecule has 32 heavy (non-hydrogen) atoms. The van der Waals surface area contributed by atoms with E-state index >= 15 is 0 Å². The molecule has 2 aliphatic heterocycles. The average Bonchev–Trinajstić information content (AvgIpc) is 3.38. The lowest BCUT2D eigenvalue weighted by atomic mass is 10.1. The number of nitrogens with zero attached hydrogens (tertiary/aromatic N) is 2. The van der Waals surface area contributed by atoms with E-state index in [2.05, 4.69) is 4.72 Å². The minimum absolute atomic E-state index is 0.0307. The molecule has 0 spiro atoms. The lowest BCUT2D eigenvalue weighted by molar-refractivity contribution is -0.144. The van der Waals surface area contributed by atoms with Crippen LogP contribution in [0.3, 0.4) is 0 Å². The Hall–Kier alpha value is -1.72. The van der Waals surface area contributed by atoms with Crippen molar-refractivity contribution in [2.75, 3.05) is 33.4 Å². The lowest BCUT2D eigenvalue weighted by Gasteiger charge is -2.34. The Morgan fingerprint density at radius 2 is 2.03 bits per heavy atom. The Bertz CT molecular complexity index is 1120. The van der Waals surface area contributed by atoms with Gasteiger partial charge in [0.25, 0.3) is 10.0 Å². The molecule has 0 aliphatic carbocycles. The van der Waals surface area contributed by atoms with Gasteiger partial charge in [0.2, 0.25) is 11.8 Å². The van der Waals surface area contributed by atoms with Crippen LogP contribution in [0.1, 0.15) is 25.7 Å². The number of piperidine rings is 1. The zero-order valence-electron chi connectivity index (χ0n) is 17.8. The summed E-state index contributed by atoms with van der Waals surface area (Å²) < 4.78 is 34.6. The van der Waals surface area contributed by atoms with Gasteiger partial charge in [0.15, 0.2) is 0 Å². The largest absolute Gasteiger partial charge is 0.383 e. The average molecular weight is 500 g/mol. The third-order valence-electron chi connectivity index (χ3n) is 5.93. The fourth-order valence-electron chi connectivity index (χ4n) is 4.36. The first-order valence-electron chi connectivity index (χ1n) is 10.6. The Morgan fingerprint density at radius 3 is 2.81 bits per heavy atom. The molecule has 2 amide bonds. The van der Waals surface area contributed by atoms with Crippen molar-refractivity contribution < 1.29 is 22.7 Å². The fraction of sp³-hybridized carbons (Fsp3) is 0.524. The Labute approximate surface area is 196 Å². The van der Waals surface area contributed by atoms with E-state index in [0.29, 0.717) is 37.6 Å². The molecule has 1 aromatic carbocycles. The van der Waals surface area contributed by atoms with Crippen LogP contribution in [0.4, 0.5) is 0 Å². The number of sulfonamides is 1. The number of likely N-dealkylation sites (tertiary alicyclic amines) is 2. The third kappa shape index (κ3) is 4.94. The van der Waals surface area contributed by atoms with Crippen LogP contribution < -0.4 is 4.72 Å². The molecule has 2 unspecified atom stereocenters. The first kappa shape index (κ1) is 23.4. The first-order chi connectivity index (χ1) is 15.3. The SMILES string of the molecule is COCC1CCCN1C(=O)CN1CCCC(NS(=O)(=O)c2cc3cc(Cl)ccc3s2)C1=O. The Kier molecular flexibility index (Phi) is 7.06. The standard InChI is InChI=1S/C21H26ClN3O5S2/c1-30-13-16-4-2-9-25(16)19(26)12-24-8-3-5-17(21(24)27)23-32(28,29)20-11-14-10-15(22)6-7-18(14)31-20/h6-7,10-11,16-17,23H,2-5,8-9,12-13H2,1H3. The number of ether oxygens (including phenoxy) is 1. The summed E-state index contributed by atoms with van der Waals surface area (Å²) in [4.78, 5) is 29.0. The van der Waals surface area contributed by atoms with Crippen molar-refractivity contribution in [1.82, 2.24) is 14.5 Å². The smallest absolute Gasteiger partial charge is 0.250 e. The number of rotatable bonds is 7. The molecule has 2 atom stereocenters. The number of methoxy groups -OCH3 is 1. The molecule has 2 fully saturated rings. The third-order valence-corrected chi connectivity index (χ3v) is 9.23. The highest BCUT2D eigenvalue weighted by molar-refractivity contribution is 7.91. The summed E-state index contributed by atoms with van der Waals surface area (Å²) in [5.74, 6) is -0.484. The molecule has 0 radical (unpaired) electrons. The second kappa shape index (κ2) is 9.64. The van der Waals surface area contributed by atoms with Gasteiger partial charge in [-0.05, 0) is 55.3 Å². The number of hydrogen-bond acceptors (Lipinski definition) is 6. The second-order valence-corrected chi connectivity index (χ2v) is 11.6. The summed E-state index contributed by atoms with van der Waals surface area (Å²) in [6.45, 7) is 1.52. The molecule has 11 heteroatoms. The van der Waals surface area contributed by atoms with Gasteiger partial charge in [-0.25, -0.2) is 8.42 Å². The predicted molar refractivity (Wildman–Crippen MR) is 123 cm³/mol. The molecule has 8 nitrogen and oxygen atoms in total. The number of thiophene rings is 1. The highest BCUT2D eigenvalue weighted by atomic mass is 35.5. The summed E-state index contributed by atoms with van der Waals surface area (Å²) >= 11 is 7.13. The van der Waals surface area contributed by atoms with E-state index in [1.54, 1.807) is 36.3 Å². The second-order valence-electron chi connectivity index (χ2n) is 8.16. The number of fused-ring (bicyclic) bond motifs is 1. The minimum atomic E-state index is -3.89. The number of carbonyl (C=O) groups is 2. The van der Waals surface area contributed by atoms with Gasteiger partial charge < -0.3 is 14.5 Å². The van der Waals surface area contributed by atoms with E-state index in [1.165, 1.54) is 4.90 Å². The van der Waals surface area contributed by atoms with E-state index in [4.69, 9.17) is 16.3 Å². The summed E-state index contributed by atoms with van der Waals surface area (Å²) in [6, 6.07) is 5.90. The normalized spacial score (nSPS) is 22.1. The summed E-state index contributed by atoms with van der Waals surface area (Å²) in [5, 5.41) is 1.27. The number of amides is 2. The van der Waals surface area contributed by atoms with E-state index in [9.17, 15) is 18.0 Å². The van der Waals surface area contributed by atoms with Gasteiger partial charge in [-0.3, -0.25) is 9.59 Å². The fourth-order valence-corrected chi connectivity index (χ4v) is 7.16. The predicted octanol–water partition coefficient (Wildman–Crippen LogP) is 2.46. The molecular weight excluding hydrogens is 474 g/mol. The van der Waals surface area contributed by atoms with Crippen LogP contribution in [0, 0.1) is 0 Å². The van der Waals surface area contributed by atoms with Crippen molar-refractivity contribution in [3.05, 3.63) is 29.3 Å². The molecular formula is C21H26ClN3O5S2. The summed E-state index contributed by atoms with van der Waals surface area (Å²) in [6.07, 6.45) is 2.82. The molecule has 2 aliphatic rings. The van der Waals surface area contributed by atoms with Crippen molar-refractivity contribution in [1.29, 1.82) is 0 Å². The molecule has 0 saturated carbocycles. The first-order valence-corrected chi connectivity index (χ1v) is 13.2. The van der Waals surface area contributed by atoms with Gasteiger partial charge in [-0.2, -0.15) is 4.72 Å². The summed E-state index contributed by atoms with van der Waals surface area (Å²) in [5.41, 5.74) is 0. The zero-order valence-corrected chi connectivity index (χ0v) is 20.1. The van der Waals surface area contributed by atoms with Gasteiger partial charge in [0.05, 0.1) is 19.2 Å². The molecule has 2 saturated heterocycles. The van der Waals surface area contributed by atoms with Crippen molar-refractivity contribution in [2.45, 2.75) is 42.0 Å². The van der Waals surface area contributed by atoms with Crippen molar-refractivity contribution in [2.24, 2.45) is 0 Å². The maximum Gasteiger partial charge on any atom is 0.250 e. The van der Waals surface area contributed by atoms with Gasteiger partial charge in [-0.15, -0.1) is 11.3 Å². The maximum atomic E-state index is 13.0. The molecule has 0 bridgehead atoms. The van der Waals surface area contributed by atoms with Crippen LogP contribution in [0.15, 0.2) is 28.5 Å². The summed E-state index contributed by atoms with van der Waals surface area (Å²) in [7, 11) is -2.28. The van der Waals surface area contributed by atoms with Crippen LogP contribution >= 0.6 is 22.9 Å². The topological polar surface area (TPSA) is 96.0 Å². The van der Waals surface area contributed by atoms with E-state index in [1.807, 2.05) is 0 Å². The van der Waals surface area contributed by atoms with E-state index in [0.717, 1.165) is 34.3 Å². The van der Waals surface area contributed by atoms with Crippen LogP contribution in [-0.2, 0) is 24.3 Å². The molecule has 2 aromatic rings. The van der Waals surface area contributed by atoms with E-state index in [-0.39, 0.29) is 28.6 Å². The Morgan fingerprint density at radius 1 is 1.25 bits per heavy atom. The van der Waals surface area contributed by atoms with Gasteiger partial charge in [0, 0.05) is 29.9 Å². The quantitative estimate of drug-likeness (QED) is 0.631. The number of benzene rings is 1. The van der Waals surface area contributed by atoms with Gasteiger partial charge in [0.1, 0.15) is 10.3 Å².